The van der Waals surface area contributed by atoms with Gasteiger partial charge in [0.2, 0.25) is 11.7 Å². The minimum atomic E-state index is -5.74. The highest BCUT2D eigenvalue weighted by Gasteiger charge is 2.53. The molecule has 36 nitrogen and oxygen atoms in total. The zero-order chi connectivity index (χ0) is 54.5. The van der Waals surface area contributed by atoms with E-state index in [1.165, 1.54) is 40.5 Å². The van der Waals surface area contributed by atoms with Crippen molar-refractivity contribution in [3.63, 3.8) is 0 Å². The van der Waals surface area contributed by atoms with Gasteiger partial charge in [0, 0.05) is 39.0 Å². The van der Waals surface area contributed by atoms with Crippen molar-refractivity contribution in [3.05, 3.63) is 62.4 Å². The van der Waals surface area contributed by atoms with Crippen molar-refractivity contribution in [2.45, 2.75) is 73.9 Å². The second-order valence-corrected chi connectivity index (χ2v) is 24.1. The van der Waals surface area contributed by atoms with Crippen LogP contribution in [0.5, 0.6) is 0 Å². The molecule has 3 saturated heterocycles. The minimum absolute atomic E-state index is 0.0193. The Kier molecular flexibility index (Phi) is 16.9. The van der Waals surface area contributed by atoms with Gasteiger partial charge in [-0.2, -0.15) is 0 Å². The number of phosphoric ester groups is 3. The van der Waals surface area contributed by atoms with Gasteiger partial charge in [-0.15, -0.1) is 0 Å². The van der Waals surface area contributed by atoms with Crippen LogP contribution in [0, 0.1) is 5.92 Å². The van der Waals surface area contributed by atoms with Crippen LogP contribution in [0.2, 0.25) is 0 Å². The Morgan fingerprint density at radius 3 is 2.13 bits per heavy atom. The lowest BCUT2D eigenvalue weighted by molar-refractivity contribution is -0.745. The van der Waals surface area contributed by atoms with Crippen LogP contribution in [0.3, 0.4) is 0 Å². The first-order chi connectivity index (χ1) is 35.2. The van der Waals surface area contributed by atoms with E-state index in [-0.39, 0.29) is 47.1 Å². The van der Waals surface area contributed by atoms with E-state index in [4.69, 9.17) is 65.1 Å². The SMILES string of the molecule is COCC[C@H]1[C@@H](O)[C@H]([n+]2cn(C)c3c(=O)[nH]c(N)nc32)O[C@@H]1COP(=O)(O)OP(O)(=S)OP(=O)(O)OC[C@H]1O[C@@H](n2cnc3c(N)ncnc32)[C@H](OC)[C@@H]1OP(=O)(O)OC[C@H]1O[C@@H](n2ccc(=O)[nH]c2=O)[C@H](O)[C@@H]1O. The van der Waals surface area contributed by atoms with E-state index < -0.39 is 140 Å². The third-order valence-electron chi connectivity index (χ3n) is 11.8. The number of ether oxygens (including phenoxy) is 5. The van der Waals surface area contributed by atoms with Gasteiger partial charge in [-0.3, -0.25) is 51.4 Å². The molecular weight excluding hydrogens is 1120 g/mol. The maximum Gasteiger partial charge on any atom is 0.479 e. The predicted octanol–water partition coefficient (Wildman–Crippen LogP) is -3.47. The number of aliphatic hydroxyl groups is 3. The summed E-state index contributed by atoms with van der Waals surface area (Å²) >= 11 is 4.77. The Balaban J connectivity index is 0.942. The van der Waals surface area contributed by atoms with Gasteiger partial charge in [0.1, 0.15) is 54.6 Å². The van der Waals surface area contributed by atoms with Gasteiger partial charge in [0.05, 0.1) is 39.3 Å². The highest BCUT2D eigenvalue weighted by atomic mass is 32.5. The molecule has 0 radical (unpaired) electrons. The molecule has 16 atom stereocenters. The number of nitrogens with one attached hydrogen (secondary N) is 2. The van der Waals surface area contributed by atoms with Gasteiger partial charge in [0.15, 0.2) is 30.2 Å². The Hall–Kier alpha value is -4.20. The number of phosphoric acid groups is 3. The molecule has 4 unspecified atom stereocenters. The standard InChI is InChI=1S/C34H48N12O24P4S/c1-43-13-46(28-20(43)29(51)42-33(36)41-28)30-21(48)14(5-7-60-2)15(65-30)8-63-72(55,56)69-74(59,75)70-73(57,58)64-10-17-24(25(61-3)32(67-17)45-12-39-19-26(35)37-11-38-27(19)45)68-71(53,54)62-9-16-22(49)23(50)31(66-16)44-6-4-18(47)40-34(44)52/h4,6,11-17,21-25,30-32,48-50H,5,7-10H2,1-3H3,(H9-,35,36,37,38,40,41,42,47,51,52,53,54,55,56,57,58,59,75)/p+1/t14-,15-,16-,17-,21-,22-,23-,24-,25-,30-,31-,32-,74?/m1/s1. The maximum atomic E-state index is 13.6. The van der Waals surface area contributed by atoms with Crippen molar-refractivity contribution >= 4 is 76.1 Å². The Labute approximate surface area is 423 Å². The number of imidazole rings is 2. The van der Waals surface area contributed by atoms with E-state index in [9.17, 15) is 63.0 Å². The average molecular weight is 1170 g/mol. The Bertz CT molecular complexity index is 3290. The zero-order valence-corrected chi connectivity index (χ0v) is 43.2. The molecule has 0 aromatic carbocycles. The van der Waals surface area contributed by atoms with Crippen molar-refractivity contribution in [3.8, 4) is 0 Å². The van der Waals surface area contributed by atoms with Crippen molar-refractivity contribution < 1.29 is 104 Å². The van der Waals surface area contributed by atoms with Crippen LogP contribution in [0.4, 0.5) is 11.8 Å². The van der Waals surface area contributed by atoms with Crippen LogP contribution in [0.25, 0.3) is 22.3 Å². The minimum Gasteiger partial charge on any atom is -0.387 e. The molecule has 3 aliphatic rings. The summed E-state index contributed by atoms with van der Waals surface area (Å²) in [5.74, 6) is -1.19. The molecule has 414 valence electrons. The molecule has 75 heavy (non-hydrogen) atoms. The smallest absolute Gasteiger partial charge is 0.387 e. The number of anilines is 2. The van der Waals surface area contributed by atoms with Crippen LogP contribution in [0.1, 0.15) is 25.1 Å². The van der Waals surface area contributed by atoms with Gasteiger partial charge in [-0.05, 0) is 18.2 Å². The first-order valence-electron chi connectivity index (χ1n) is 21.6. The fourth-order valence-corrected chi connectivity index (χ4v) is 14.5. The summed E-state index contributed by atoms with van der Waals surface area (Å²) in [6.45, 7) is -8.27. The number of hydrogen-bond acceptors (Lipinski definition) is 27. The molecule has 5 aromatic heterocycles. The van der Waals surface area contributed by atoms with Gasteiger partial charge >= 0.3 is 41.5 Å². The monoisotopic (exact) mass is 1170 g/mol. The first kappa shape index (κ1) is 57.0. The highest BCUT2D eigenvalue weighted by Crippen LogP contribution is 2.68. The summed E-state index contributed by atoms with van der Waals surface area (Å²) < 4.78 is 103. The number of methoxy groups -OCH3 is 2. The molecule has 0 amide bonds. The van der Waals surface area contributed by atoms with Crippen LogP contribution in [-0.4, -0.2) is 168 Å². The molecule has 3 aliphatic heterocycles. The zero-order valence-electron chi connectivity index (χ0n) is 38.9. The molecular formula is C34H49N12O24P4S+. The quantitative estimate of drug-likeness (QED) is 0.0237. The van der Waals surface area contributed by atoms with Gasteiger partial charge in [-0.1, -0.05) is 4.98 Å². The molecule has 0 bridgehead atoms. The number of rotatable bonds is 22. The number of H-pyrrole nitrogens is 2. The fourth-order valence-electron chi connectivity index (χ4n) is 8.49. The van der Waals surface area contributed by atoms with Crippen LogP contribution in [-0.2, 0) is 83.0 Å². The molecule has 41 heteroatoms. The Morgan fingerprint density at radius 2 is 1.47 bits per heavy atom. The summed E-state index contributed by atoms with van der Waals surface area (Å²) in [6.07, 6.45) is -12.6. The van der Waals surface area contributed by atoms with Crippen molar-refractivity contribution in [1.82, 2.24) is 43.6 Å². The second kappa shape index (κ2) is 22.3. The maximum absolute atomic E-state index is 13.6. The normalized spacial score (nSPS) is 30.4. The number of aromatic nitrogens is 10. The van der Waals surface area contributed by atoms with Crippen molar-refractivity contribution in [1.29, 1.82) is 0 Å². The topological polar surface area (TPSA) is 499 Å². The molecule has 8 heterocycles. The third-order valence-corrected chi connectivity index (χ3v) is 18.2. The Morgan fingerprint density at radius 1 is 0.813 bits per heavy atom. The molecule has 8 rings (SSSR count). The van der Waals surface area contributed by atoms with E-state index in [0.29, 0.717) is 0 Å². The summed E-state index contributed by atoms with van der Waals surface area (Å²) in [5.41, 5.74) is 9.52. The molecule has 13 N–H and O–H groups in total. The molecule has 3 fully saturated rings. The summed E-state index contributed by atoms with van der Waals surface area (Å²) in [7, 11) is -12.7. The number of nitrogen functional groups attached to an aromatic ring is 2. The lowest BCUT2D eigenvalue weighted by atomic mass is 9.95. The predicted molar refractivity (Wildman–Crippen MR) is 248 cm³/mol. The van der Waals surface area contributed by atoms with E-state index in [2.05, 4.69) is 33.5 Å². The van der Waals surface area contributed by atoms with Crippen LogP contribution < -0.4 is 32.8 Å². The number of nitrogens with zero attached hydrogens (tertiary/aromatic N) is 8. The number of fused-ring (bicyclic) bond motifs is 2. The van der Waals surface area contributed by atoms with Crippen molar-refractivity contribution in [2.75, 3.05) is 52.1 Å². The molecule has 0 spiro atoms. The van der Waals surface area contributed by atoms with E-state index >= 15 is 0 Å². The van der Waals surface area contributed by atoms with Gasteiger partial charge < -0.3 is 70.0 Å². The summed E-state index contributed by atoms with van der Waals surface area (Å²) in [5, 5.41) is 32.7. The van der Waals surface area contributed by atoms with Crippen LogP contribution in [0.15, 0.2) is 45.6 Å². The van der Waals surface area contributed by atoms with Gasteiger partial charge in [-0.25, -0.2) is 46.6 Å². The van der Waals surface area contributed by atoms with Crippen LogP contribution >= 0.6 is 30.2 Å². The molecule has 5 aromatic rings. The largest absolute Gasteiger partial charge is 0.479 e. The number of nitrogens with two attached hydrogens (primary N) is 2. The third kappa shape index (κ3) is 12.4. The lowest BCUT2D eigenvalue weighted by Crippen LogP contribution is -2.45. The molecule has 0 saturated carbocycles. The summed E-state index contributed by atoms with van der Waals surface area (Å²) in [4.78, 5) is 100. The van der Waals surface area contributed by atoms with E-state index in [1.54, 1.807) is 0 Å². The number of aryl methyl sites for hydroxylation is 1. The number of aliphatic hydroxyl groups excluding tert-OH is 3. The first-order valence-corrected chi connectivity index (χ1v) is 28.7. The lowest BCUT2D eigenvalue weighted by Gasteiger charge is -2.26. The van der Waals surface area contributed by atoms with E-state index in [1.807, 2.05) is 4.98 Å². The van der Waals surface area contributed by atoms with E-state index in [0.717, 1.165) is 30.3 Å². The number of hydrogen-bond donors (Lipinski definition) is 11. The highest BCUT2D eigenvalue weighted by molar-refractivity contribution is 8.09. The average Bonchev–Trinajstić information content (AvgIpc) is 4.12. The summed E-state index contributed by atoms with van der Waals surface area (Å²) in [6, 6.07) is 0.937. The van der Waals surface area contributed by atoms with Gasteiger partial charge in [0.25, 0.3) is 17.1 Å². The second-order valence-electron chi connectivity index (χ2n) is 16.7. The van der Waals surface area contributed by atoms with Crippen molar-refractivity contribution in [2.24, 2.45) is 13.0 Å². The fraction of sp³-hybridized carbons (Fsp3) is 0.588. The molecule has 0 aliphatic carbocycles. The number of aromatic amines is 2.